The van der Waals surface area contributed by atoms with Gasteiger partial charge in [0.25, 0.3) is 5.91 Å². The molecule has 0 radical (unpaired) electrons. The van der Waals surface area contributed by atoms with Gasteiger partial charge in [0.1, 0.15) is 5.58 Å². The number of amides is 1. The Balaban J connectivity index is 1.78. The van der Waals surface area contributed by atoms with Crippen molar-refractivity contribution in [2.75, 3.05) is 17.2 Å². The Morgan fingerprint density at radius 2 is 2.04 bits per heavy atom. The first-order valence-corrected chi connectivity index (χ1v) is 9.26. The average Bonchev–Trinajstić information content (AvgIpc) is 2.66. The number of aryl methyl sites for hydroxylation is 1. The Bertz CT molecular complexity index is 1020. The third-order valence-corrected chi connectivity index (χ3v) is 5.43. The first kappa shape index (κ1) is 16.0. The molecule has 1 aromatic heterocycles. The Hall–Kier alpha value is -2.53. The molecule has 126 valence electrons. The zero-order valence-electron chi connectivity index (χ0n) is 13.8. The molecule has 3 aromatic rings. The fourth-order valence-corrected chi connectivity index (χ4v) is 4.04. The maximum absolute atomic E-state index is 13.0. The maximum Gasteiger partial charge on any atom is 0.294 e. The third kappa shape index (κ3) is 2.85. The number of rotatable bonds is 2. The number of benzene rings is 2. The number of nitrogens with zero attached hydrogens (tertiary/aromatic N) is 1. The van der Waals surface area contributed by atoms with E-state index in [9.17, 15) is 9.59 Å². The number of hydrogen-bond donors (Lipinski definition) is 0. The van der Waals surface area contributed by atoms with Gasteiger partial charge in [0.15, 0.2) is 11.2 Å². The maximum atomic E-state index is 13.0. The molecule has 1 aliphatic heterocycles. The van der Waals surface area contributed by atoms with Crippen LogP contribution in [0.4, 0.5) is 5.69 Å². The van der Waals surface area contributed by atoms with Crippen LogP contribution in [-0.4, -0.2) is 18.2 Å². The molecule has 1 amide bonds. The van der Waals surface area contributed by atoms with Crippen LogP contribution in [0.3, 0.4) is 0 Å². The lowest BCUT2D eigenvalue weighted by atomic mass is 10.1. The standard InChI is InChI=1S/C20H17NO3S/c1-2-13-7-8-17-14(11-13)16(22)12-18(24-17)20(23)21-9-10-25-19-6-4-3-5-15(19)21/h3-8,11-12H,2,9-10H2,1H3. The smallest absolute Gasteiger partial charge is 0.294 e. The molecule has 4 nitrogen and oxygen atoms in total. The van der Waals surface area contributed by atoms with E-state index < -0.39 is 0 Å². The number of anilines is 1. The Kier molecular flexibility index (Phi) is 4.09. The first-order valence-electron chi connectivity index (χ1n) is 8.28. The van der Waals surface area contributed by atoms with Gasteiger partial charge >= 0.3 is 0 Å². The number of para-hydroxylation sites is 1. The van der Waals surface area contributed by atoms with Crippen molar-refractivity contribution in [3.05, 3.63) is 70.1 Å². The topological polar surface area (TPSA) is 50.5 Å². The molecule has 0 saturated heterocycles. The highest BCUT2D eigenvalue weighted by atomic mass is 32.2. The fraction of sp³-hybridized carbons (Fsp3) is 0.200. The summed E-state index contributed by atoms with van der Waals surface area (Å²) in [6.45, 7) is 2.63. The molecular formula is C20H17NO3S. The molecule has 0 spiro atoms. The van der Waals surface area contributed by atoms with Crippen LogP contribution in [0.15, 0.2) is 62.6 Å². The molecule has 0 saturated carbocycles. The highest BCUT2D eigenvalue weighted by Crippen LogP contribution is 2.35. The Morgan fingerprint density at radius 3 is 2.88 bits per heavy atom. The number of carbonyl (C=O) groups is 1. The summed E-state index contributed by atoms with van der Waals surface area (Å²) in [6, 6.07) is 14.6. The first-order chi connectivity index (χ1) is 12.2. The zero-order valence-corrected chi connectivity index (χ0v) is 14.6. The van der Waals surface area contributed by atoms with Crippen LogP contribution in [0.25, 0.3) is 11.0 Å². The van der Waals surface area contributed by atoms with E-state index in [1.807, 2.05) is 43.3 Å². The second-order valence-electron chi connectivity index (χ2n) is 5.93. The van der Waals surface area contributed by atoms with Crippen LogP contribution in [0.5, 0.6) is 0 Å². The van der Waals surface area contributed by atoms with Crippen LogP contribution in [0.2, 0.25) is 0 Å². The van der Waals surface area contributed by atoms with Crippen molar-refractivity contribution in [2.45, 2.75) is 18.2 Å². The van der Waals surface area contributed by atoms with Gasteiger partial charge < -0.3 is 9.32 Å². The SMILES string of the molecule is CCc1ccc2oc(C(=O)N3CCSc4ccccc43)cc(=O)c2c1. The van der Waals surface area contributed by atoms with Crippen LogP contribution in [0.1, 0.15) is 23.0 Å². The summed E-state index contributed by atoms with van der Waals surface area (Å²) in [7, 11) is 0. The highest BCUT2D eigenvalue weighted by molar-refractivity contribution is 7.99. The van der Waals surface area contributed by atoms with Crippen molar-refractivity contribution in [3.63, 3.8) is 0 Å². The Morgan fingerprint density at radius 1 is 1.20 bits per heavy atom. The summed E-state index contributed by atoms with van der Waals surface area (Å²) in [5.74, 6) is 0.634. The molecular weight excluding hydrogens is 334 g/mol. The minimum absolute atomic E-state index is 0.0865. The number of fused-ring (bicyclic) bond motifs is 2. The molecule has 1 aliphatic rings. The second-order valence-corrected chi connectivity index (χ2v) is 7.07. The van der Waals surface area contributed by atoms with Gasteiger partial charge in [-0.05, 0) is 36.2 Å². The molecule has 5 heteroatoms. The molecule has 0 aliphatic carbocycles. The lowest BCUT2D eigenvalue weighted by Crippen LogP contribution is -2.35. The monoisotopic (exact) mass is 351 g/mol. The minimum Gasteiger partial charge on any atom is -0.451 e. The van der Waals surface area contributed by atoms with Gasteiger partial charge in [0.2, 0.25) is 0 Å². The fourth-order valence-electron chi connectivity index (χ4n) is 3.04. The van der Waals surface area contributed by atoms with E-state index in [1.165, 1.54) is 6.07 Å². The van der Waals surface area contributed by atoms with E-state index >= 15 is 0 Å². The van der Waals surface area contributed by atoms with Gasteiger partial charge in [-0.25, -0.2) is 0 Å². The van der Waals surface area contributed by atoms with E-state index in [0.29, 0.717) is 17.5 Å². The lowest BCUT2D eigenvalue weighted by Gasteiger charge is -2.28. The summed E-state index contributed by atoms with van der Waals surface area (Å²) >= 11 is 1.73. The predicted molar refractivity (Wildman–Crippen MR) is 101 cm³/mol. The van der Waals surface area contributed by atoms with Gasteiger partial charge in [0, 0.05) is 23.3 Å². The minimum atomic E-state index is -0.272. The van der Waals surface area contributed by atoms with E-state index in [1.54, 1.807) is 22.7 Å². The predicted octanol–water partition coefficient (Wildman–Crippen LogP) is 4.11. The highest BCUT2D eigenvalue weighted by Gasteiger charge is 2.26. The van der Waals surface area contributed by atoms with Gasteiger partial charge in [-0.1, -0.05) is 25.1 Å². The van der Waals surface area contributed by atoms with Gasteiger partial charge in [-0.2, -0.15) is 0 Å². The van der Waals surface area contributed by atoms with Gasteiger partial charge in [-0.3, -0.25) is 9.59 Å². The van der Waals surface area contributed by atoms with Crippen LogP contribution >= 0.6 is 11.8 Å². The quantitative estimate of drug-likeness (QED) is 0.697. The summed E-state index contributed by atoms with van der Waals surface area (Å²) in [5.41, 5.74) is 2.21. The van der Waals surface area contributed by atoms with Crippen LogP contribution < -0.4 is 10.3 Å². The van der Waals surface area contributed by atoms with Crippen molar-refractivity contribution in [1.82, 2.24) is 0 Å². The molecule has 25 heavy (non-hydrogen) atoms. The largest absolute Gasteiger partial charge is 0.451 e. The van der Waals surface area contributed by atoms with E-state index in [-0.39, 0.29) is 17.1 Å². The summed E-state index contributed by atoms with van der Waals surface area (Å²) < 4.78 is 5.77. The van der Waals surface area contributed by atoms with Crippen LogP contribution in [-0.2, 0) is 6.42 Å². The van der Waals surface area contributed by atoms with E-state index in [0.717, 1.165) is 28.3 Å². The van der Waals surface area contributed by atoms with Crippen molar-refractivity contribution in [3.8, 4) is 0 Å². The summed E-state index contributed by atoms with van der Waals surface area (Å²) in [6.07, 6.45) is 0.846. The lowest BCUT2D eigenvalue weighted by molar-refractivity contribution is 0.0961. The summed E-state index contributed by atoms with van der Waals surface area (Å²) in [5, 5.41) is 0.519. The van der Waals surface area contributed by atoms with Crippen molar-refractivity contribution < 1.29 is 9.21 Å². The molecule has 0 N–H and O–H groups in total. The Labute approximate surface area is 149 Å². The normalized spacial score (nSPS) is 13.7. The molecule has 0 unspecified atom stereocenters. The van der Waals surface area contributed by atoms with E-state index in [2.05, 4.69) is 0 Å². The van der Waals surface area contributed by atoms with Crippen molar-refractivity contribution in [2.24, 2.45) is 0 Å². The van der Waals surface area contributed by atoms with Crippen LogP contribution in [0, 0.1) is 0 Å². The van der Waals surface area contributed by atoms with Gasteiger partial charge in [-0.15, -0.1) is 11.8 Å². The van der Waals surface area contributed by atoms with Crippen molar-refractivity contribution >= 4 is 34.3 Å². The molecule has 0 fully saturated rings. The summed E-state index contributed by atoms with van der Waals surface area (Å²) in [4.78, 5) is 28.2. The number of thioether (sulfide) groups is 1. The average molecular weight is 351 g/mol. The molecule has 2 heterocycles. The molecule has 0 atom stereocenters. The molecule has 4 rings (SSSR count). The molecule has 2 aromatic carbocycles. The number of hydrogen-bond acceptors (Lipinski definition) is 4. The second kappa shape index (κ2) is 6.41. The van der Waals surface area contributed by atoms with E-state index in [4.69, 9.17) is 4.42 Å². The van der Waals surface area contributed by atoms with Crippen molar-refractivity contribution in [1.29, 1.82) is 0 Å². The number of carbonyl (C=O) groups excluding carboxylic acids is 1. The third-order valence-electron chi connectivity index (χ3n) is 4.38. The zero-order chi connectivity index (χ0) is 17.4. The molecule has 0 bridgehead atoms. The van der Waals surface area contributed by atoms with Gasteiger partial charge in [0.05, 0.1) is 11.1 Å².